The van der Waals surface area contributed by atoms with Gasteiger partial charge in [-0.25, -0.2) is 4.79 Å². The average molecular weight is 549 g/mol. The molecule has 5 atom stereocenters. The van der Waals surface area contributed by atoms with Gasteiger partial charge in [-0.3, -0.25) is 9.59 Å². The quantitative estimate of drug-likeness (QED) is 0.477. The standard InChI is InChI=1S/C30H36N4O6/c1-33-13-11-30-20-8-9-23(36)27(30)40-26-24(10-5-18(25(26)30)16-22(20)33)39-29(38)34(2)14-12-32-28(37)21(31)15-17-3-6-19(35)7-4-17/h3-7,10,20-22,27,35H,8-9,11-16,31H2,1-2H3,(H,32,37)/t20-,21?,22?,27-,30-/m0/s1. The van der Waals surface area contributed by atoms with Crippen LogP contribution in [0.5, 0.6) is 17.2 Å². The maximum atomic E-state index is 13.1. The highest BCUT2D eigenvalue weighted by Crippen LogP contribution is 2.63. The Kier molecular flexibility index (Phi) is 6.70. The number of carbonyl (C=O) groups is 3. The molecule has 6 rings (SSSR count). The van der Waals surface area contributed by atoms with E-state index in [0.29, 0.717) is 36.3 Å². The molecule has 2 heterocycles. The number of hydrogen-bond donors (Lipinski definition) is 3. The number of phenols is 1. The summed E-state index contributed by atoms with van der Waals surface area (Å²) in [6.07, 6.45) is 2.38. The summed E-state index contributed by atoms with van der Waals surface area (Å²) in [7, 11) is 3.77. The summed E-state index contributed by atoms with van der Waals surface area (Å²) in [6.45, 7) is 1.33. The lowest BCUT2D eigenvalue weighted by atomic mass is 9.52. The molecule has 10 nitrogen and oxygen atoms in total. The molecule has 2 amide bonds. The Balaban J connectivity index is 1.10. The van der Waals surface area contributed by atoms with Crippen LogP contribution >= 0.6 is 0 Å². The van der Waals surface area contributed by atoms with E-state index in [1.807, 2.05) is 6.07 Å². The zero-order chi connectivity index (χ0) is 28.2. The molecule has 4 N–H and O–H groups in total. The number of carbonyl (C=O) groups excluding carboxylic acids is 3. The fourth-order valence-electron chi connectivity index (χ4n) is 7.31. The van der Waals surface area contributed by atoms with Crippen LogP contribution in [0.15, 0.2) is 36.4 Å². The first-order valence-electron chi connectivity index (χ1n) is 14.0. The molecule has 2 aromatic rings. The second-order valence-electron chi connectivity index (χ2n) is 11.6. The lowest BCUT2D eigenvalue weighted by molar-refractivity contribution is -0.138. The highest BCUT2D eigenvalue weighted by Gasteiger charge is 2.65. The summed E-state index contributed by atoms with van der Waals surface area (Å²) in [6, 6.07) is 9.96. The second-order valence-corrected chi connectivity index (χ2v) is 11.6. The maximum absolute atomic E-state index is 13.1. The van der Waals surface area contributed by atoms with Crippen LogP contribution in [0.25, 0.3) is 0 Å². The number of nitrogens with one attached hydrogen (secondary N) is 1. The van der Waals surface area contributed by atoms with Crippen LogP contribution < -0.4 is 20.5 Å². The van der Waals surface area contributed by atoms with E-state index in [1.54, 1.807) is 37.4 Å². The minimum Gasteiger partial charge on any atom is -0.508 e. The van der Waals surface area contributed by atoms with Gasteiger partial charge in [0.2, 0.25) is 5.91 Å². The Bertz CT molecular complexity index is 1350. The number of amides is 2. The van der Waals surface area contributed by atoms with Gasteiger partial charge in [-0.15, -0.1) is 0 Å². The maximum Gasteiger partial charge on any atom is 0.415 e. The largest absolute Gasteiger partial charge is 0.508 e. The van der Waals surface area contributed by atoms with E-state index in [1.165, 1.54) is 10.5 Å². The molecule has 1 spiro atoms. The molecule has 10 heteroatoms. The molecule has 2 aromatic carbocycles. The Labute approximate surface area is 233 Å². The first-order chi connectivity index (χ1) is 19.2. The SMILES string of the molecule is CN(CCNC(=O)C(N)Cc1ccc(O)cc1)C(=O)Oc1ccc2c3c1O[C@H]1C(=O)CC[C@H]4C(C2)N(C)CC[C@]314. The smallest absolute Gasteiger partial charge is 0.415 e. The molecule has 1 saturated heterocycles. The number of benzene rings is 2. The van der Waals surface area contributed by atoms with Gasteiger partial charge < -0.3 is 35.4 Å². The number of piperidine rings is 1. The second kappa shape index (κ2) is 10.1. The third-order valence-electron chi connectivity index (χ3n) is 9.35. The van der Waals surface area contributed by atoms with Crippen molar-refractivity contribution in [1.29, 1.82) is 0 Å². The minimum atomic E-state index is -0.757. The van der Waals surface area contributed by atoms with Crippen LogP contribution in [0.1, 0.15) is 36.0 Å². The van der Waals surface area contributed by atoms with Crippen molar-refractivity contribution in [2.45, 2.75) is 55.7 Å². The molecule has 2 fully saturated rings. The number of ketones is 1. The summed E-state index contributed by atoms with van der Waals surface area (Å²) in [4.78, 5) is 42.3. The molecule has 212 valence electrons. The number of nitrogens with two attached hydrogens (primary N) is 1. The van der Waals surface area contributed by atoms with E-state index < -0.39 is 18.2 Å². The first kappa shape index (κ1) is 26.6. The van der Waals surface area contributed by atoms with E-state index in [9.17, 15) is 19.5 Å². The average Bonchev–Trinajstić information content (AvgIpc) is 3.29. The van der Waals surface area contributed by atoms with Crippen molar-refractivity contribution in [3.63, 3.8) is 0 Å². The van der Waals surface area contributed by atoms with E-state index in [2.05, 4.69) is 17.3 Å². The van der Waals surface area contributed by atoms with E-state index in [4.69, 9.17) is 15.2 Å². The molecule has 4 aliphatic rings. The molecular formula is C30H36N4O6. The van der Waals surface area contributed by atoms with Gasteiger partial charge in [-0.05, 0) is 74.5 Å². The normalized spacial score (nSPS) is 26.9. The fraction of sp³-hybridized carbons (Fsp3) is 0.500. The predicted octanol–water partition coefficient (Wildman–Crippen LogP) is 1.75. The van der Waals surface area contributed by atoms with Gasteiger partial charge in [0, 0.05) is 43.6 Å². The van der Waals surface area contributed by atoms with Crippen LogP contribution in [0.3, 0.4) is 0 Å². The van der Waals surface area contributed by atoms with Gasteiger partial charge in [-0.2, -0.15) is 0 Å². The predicted molar refractivity (Wildman–Crippen MR) is 146 cm³/mol. The Hall–Kier alpha value is -3.63. The van der Waals surface area contributed by atoms with Crippen molar-refractivity contribution in [2.75, 3.05) is 33.7 Å². The summed E-state index contributed by atoms with van der Waals surface area (Å²) in [5.74, 6) is 1.18. The molecule has 2 aliphatic carbocycles. The summed E-state index contributed by atoms with van der Waals surface area (Å²) >= 11 is 0. The summed E-state index contributed by atoms with van der Waals surface area (Å²) in [5.41, 5.74) is 8.78. The van der Waals surface area contributed by atoms with Crippen molar-refractivity contribution >= 4 is 17.8 Å². The zero-order valence-electron chi connectivity index (χ0n) is 22.9. The molecule has 40 heavy (non-hydrogen) atoms. The topological polar surface area (TPSA) is 134 Å². The summed E-state index contributed by atoms with van der Waals surface area (Å²) in [5, 5.41) is 12.2. The van der Waals surface area contributed by atoms with E-state index in [0.717, 1.165) is 36.9 Å². The van der Waals surface area contributed by atoms with Gasteiger partial charge >= 0.3 is 6.09 Å². The Morgan fingerprint density at radius 2 is 2.05 bits per heavy atom. The Morgan fingerprint density at radius 1 is 1.27 bits per heavy atom. The molecule has 0 radical (unpaired) electrons. The van der Waals surface area contributed by atoms with E-state index >= 15 is 0 Å². The highest BCUT2D eigenvalue weighted by molar-refractivity contribution is 5.89. The number of aromatic hydroxyl groups is 1. The fourth-order valence-corrected chi connectivity index (χ4v) is 7.31. The zero-order valence-corrected chi connectivity index (χ0v) is 22.9. The van der Waals surface area contributed by atoms with Crippen molar-refractivity contribution in [2.24, 2.45) is 11.7 Å². The van der Waals surface area contributed by atoms with Crippen LogP contribution in [0.2, 0.25) is 0 Å². The number of hydrogen-bond acceptors (Lipinski definition) is 8. The van der Waals surface area contributed by atoms with Gasteiger partial charge in [0.25, 0.3) is 0 Å². The number of nitrogens with zero attached hydrogens (tertiary/aromatic N) is 2. The highest BCUT2D eigenvalue weighted by atomic mass is 16.6. The molecule has 2 aliphatic heterocycles. The third-order valence-corrected chi connectivity index (χ3v) is 9.35. The molecule has 2 bridgehead atoms. The number of Topliss-reactive ketones (excluding diaryl/α,β-unsaturated/α-hetero) is 1. The number of rotatable bonds is 7. The minimum absolute atomic E-state index is 0.136. The number of likely N-dealkylation sites (N-methyl/N-ethyl adjacent to an activating group) is 2. The van der Waals surface area contributed by atoms with Crippen LogP contribution in [0, 0.1) is 5.92 Å². The Morgan fingerprint density at radius 3 is 2.83 bits per heavy atom. The van der Waals surface area contributed by atoms with Crippen LogP contribution in [0.4, 0.5) is 4.79 Å². The number of ether oxygens (including phenoxy) is 2. The molecular weight excluding hydrogens is 512 g/mol. The monoisotopic (exact) mass is 548 g/mol. The lowest BCUT2D eigenvalue weighted by Gasteiger charge is -2.57. The van der Waals surface area contributed by atoms with Crippen molar-refractivity contribution in [3.8, 4) is 17.2 Å². The van der Waals surface area contributed by atoms with Crippen molar-refractivity contribution in [3.05, 3.63) is 53.1 Å². The lowest BCUT2D eigenvalue weighted by Crippen LogP contribution is -2.65. The van der Waals surface area contributed by atoms with Gasteiger partial charge in [0.1, 0.15) is 5.75 Å². The van der Waals surface area contributed by atoms with Gasteiger partial charge in [0.05, 0.1) is 6.04 Å². The van der Waals surface area contributed by atoms with E-state index in [-0.39, 0.29) is 35.9 Å². The van der Waals surface area contributed by atoms with Gasteiger partial charge in [-0.1, -0.05) is 18.2 Å². The molecule has 0 aromatic heterocycles. The molecule has 2 unspecified atom stereocenters. The summed E-state index contributed by atoms with van der Waals surface area (Å²) < 4.78 is 12.2. The molecule has 1 saturated carbocycles. The number of phenolic OH excluding ortho intramolecular Hbond substituents is 1. The van der Waals surface area contributed by atoms with Gasteiger partial charge in [0.15, 0.2) is 23.4 Å². The van der Waals surface area contributed by atoms with Crippen molar-refractivity contribution in [1.82, 2.24) is 15.1 Å². The van der Waals surface area contributed by atoms with Crippen LogP contribution in [-0.4, -0.2) is 84.6 Å². The third kappa shape index (κ3) is 4.30. The number of likely N-dealkylation sites (tertiary alicyclic amines) is 1. The van der Waals surface area contributed by atoms with Crippen molar-refractivity contribution < 1.29 is 29.0 Å². The first-order valence-corrected chi connectivity index (χ1v) is 14.0. The van der Waals surface area contributed by atoms with Crippen LogP contribution in [-0.2, 0) is 27.8 Å².